The largest absolute Gasteiger partial charge is 0.376 e. The van der Waals surface area contributed by atoms with Crippen molar-refractivity contribution in [2.75, 3.05) is 6.61 Å². The van der Waals surface area contributed by atoms with E-state index in [2.05, 4.69) is 9.55 Å². The predicted molar refractivity (Wildman–Crippen MR) is 58.3 cm³/mol. The first-order valence-electron chi connectivity index (χ1n) is 5.71. The van der Waals surface area contributed by atoms with Crippen molar-refractivity contribution in [1.29, 1.82) is 0 Å². The Kier molecular flexibility index (Phi) is 3.75. The van der Waals surface area contributed by atoms with Crippen LogP contribution in [0.4, 0.5) is 0 Å². The number of rotatable bonds is 5. The summed E-state index contributed by atoms with van der Waals surface area (Å²) in [5, 5.41) is 0. The summed E-state index contributed by atoms with van der Waals surface area (Å²) >= 11 is 0. The van der Waals surface area contributed by atoms with E-state index in [1.807, 2.05) is 12.5 Å². The molecule has 0 radical (unpaired) electrons. The van der Waals surface area contributed by atoms with Gasteiger partial charge in [-0.05, 0) is 12.8 Å². The molecule has 4 nitrogen and oxygen atoms in total. The SMILES string of the molecule is NCc1cncn1CCOC1CCCC1. The highest BCUT2D eigenvalue weighted by molar-refractivity contribution is 4.96. The van der Waals surface area contributed by atoms with Gasteiger partial charge in [-0.3, -0.25) is 0 Å². The van der Waals surface area contributed by atoms with Crippen LogP contribution in [0, 0.1) is 0 Å². The summed E-state index contributed by atoms with van der Waals surface area (Å²) in [7, 11) is 0. The van der Waals surface area contributed by atoms with E-state index in [9.17, 15) is 0 Å². The molecule has 0 bridgehead atoms. The van der Waals surface area contributed by atoms with E-state index in [4.69, 9.17) is 10.5 Å². The van der Waals surface area contributed by atoms with Gasteiger partial charge in [0, 0.05) is 19.3 Å². The van der Waals surface area contributed by atoms with Crippen LogP contribution in [0.25, 0.3) is 0 Å². The highest BCUT2D eigenvalue weighted by Gasteiger charge is 2.14. The highest BCUT2D eigenvalue weighted by Crippen LogP contribution is 2.20. The smallest absolute Gasteiger partial charge is 0.0949 e. The molecule has 0 spiro atoms. The van der Waals surface area contributed by atoms with Crippen molar-refractivity contribution in [3.05, 3.63) is 18.2 Å². The van der Waals surface area contributed by atoms with Gasteiger partial charge in [-0.1, -0.05) is 12.8 Å². The van der Waals surface area contributed by atoms with Crippen LogP contribution < -0.4 is 5.73 Å². The first-order chi connectivity index (χ1) is 7.40. The van der Waals surface area contributed by atoms with Gasteiger partial charge in [-0.15, -0.1) is 0 Å². The van der Waals surface area contributed by atoms with Crippen LogP contribution in [0.15, 0.2) is 12.5 Å². The van der Waals surface area contributed by atoms with E-state index in [0.29, 0.717) is 12.6 Å². The lowest BCUT2D eigenvalue weighted by molar-refractivity contribution is 0.0526. The number of hydrogen-bond acceptors (Lipinski definition) is 3. The molecule has 1 aromatic rings. The Balaban J connectivity index is 1.73. The number of hydrogen-bond donors (Lipinski definition) is 1. The number of ether oxygens (including phenoxy) is 1. The third kappa shape index (κ3) is 2.79. The normalized spacial score (nSPS) is 17.4. The minimum atomic E-state index is 0.495. The lowest BCUT2D eigenvalue weighted by Gasteiger charge is -2.12. The number of nitrogens with zero attached hydrogens (tertiary/aromatic N) is 2. The van der Waals surface area contributed by atoms with Gasteiger partial charge in [-0.25, -0.2) is 4.98 Å². The van der Waals surface area contributed by atoms with E-state index in [1.165, 1.54) is 25.7 Å². The van der Waals surface area contributed by atoms with Gasteiger partial charge < -0.3 is 15.0 Å². The quantitative estimate of drug-likeness (QED) is 0.795. The average molecular weight is 209 g/mol. The molecule has 0 saturated heterocycles. The first kappa shape index (κ1) is 10.6. The Morgan fingerprint density at radius 2 is 2.27 bits per heavy atom. The van der Waals surface area contributed by atoms with Gasteiger partial charge in [0.2, 0.25) is 0 Å². The Labute approximate surface area is 90.4 Å². The van der Waals surface area contributed by atoms with Gasteiger partial charge in [0.1, 0.15) is 0 Å². The topological polar surface area (TPSA) is 53.1 Å². The van der Waals surface area contributed by atoms with Gasteiger partial charge >= 0.3 is 0 Å². The molecule has 1 fully saturated rings. The molecular formula is C11H19N3O. The molecule has 0 aromatic carbocycles. The second kappa shape index (κ2) is 5.28. The van der Waals surface area contributed by atoms with Crippen molar-refractivity contribution in [3.8, 4) is 0 Å². The Morgan fingerprint density at radius 1 is 1.47 bits per heavy atom. The van der Waals surface area contributed by atoms with Crippen molar-refractivity contribution in [2.24, 2.45) is 5.73 Å². The molecular weight excluding hydrogens is 190 g/mol. The fourth-order valence-corrected chi connectivity index (χ4v) is 2.09. The molecule has 0 amide bonds. The van der Waals surface area contributed by atoms with Gasteiger partial charge in [-0.2, -0.15) is 0 Å². The summed E-state index contributed by atoms with van der Waals surface area (Å²) in [6, 6.07) is 0. The van der Waals surface area contributed by atoms with Crippen LogP contribution in [0.2, 0.25) is 0 Å². The third-order valence-electron chi connectivity index (χ3n) is 3.00. The fourth-order valence-electron chi connectivity index (χ4n) is 2.09. The monoisotopic (exact) mass is 209 g/mol. The summed E-state index contributed by atoms with van der Waals surface area (Å²) in [4.78, 5) is 4.07. The lowest BCUT2D eigenvalue weighted by Crippen LogP contribution is -2.15. The van der Waals surface area contributed by atoms with E-state index >= 15 is 0 Å². The molecule has 84 valence electrons. The molecule has 4 heteroatoms. The van der Waals surface area contributed by atoms with Crippen LogP contribution in [0.5, 0.6) is 0 Å². The maximum Gasteiger partial charge on any atom is 0.0949 e. The lowest BCUT2D eigenvalue weighted by atomic mass is 10.3. The zero-order valence-electron chi connectivity index (χ0n) is 9.06. The second-order valence-electron chi connectivity index (χ2n) is 4.06. The molecule has 0 atom stereocenters. The molecule has 0 aliphatic heterocycles. The summed E-state index contributed by atoms with van der Waals surface area (Å²) in [5.41, 5.74) is 6.66. The van der Waals surface area contributed by atoms with Crippen molar-refractivity contribution >= 4 is 0 Å². The summed E-state index contributed by atoms with van der Waals surface area (Å²) in [6.45, 7) is 2.18. The van der Waals surface area contributed by atoms with Crippen LogP contribution in [-0.2, 0) is 17.8 Å². The molecule has 1 aliphatic carbocycles. The zero-order chi connectivity index (χ0) is 10.5. The summed E-state index contributed by atoms with van der Waals surface area (Å²) in [5.74, 6) is 0. The minimum Gasteiger partial charge on any atom is -0.376 e. The average Bonchev–Trinajstić information content (AvgIpc) is 2.88. The van der Waals surface area contributed by atoms with Gasteiger partial charge in [0.15, 0.2) is 0 Å². The standard InChI is InChI=1S/C11H19N3O/c12-7-10-8-13-9-14(10)5-6-15-11-3-1-2-4-11/h8-9,11H,1-7,12H2. The van der Waals surface area contributed by atoms with Crippen LogP contribution in [-0.4, -0.2) is 22.3 Å². The predicted octanol–water partition coefficient (Wildman–Crippen LogP) is 1.30. The molecule has 2 rings (SSSR count). The van der Waals surface area contributed by atoms with Gasteiger partial charge in [0.25, 0.3) is 0 Å². The maximum absolute atomic E-state index is 5.79. The highest BCUT2D eigenvalue weighted by atomic mass is 16.5. The Morgan fingerprint density at radius 3 is 3.00 bits per heavy atom. The van der Waals surface area contributed by atoms with Crippen molar-refractivity contribution in [1.82, 2.24) is 9.55 Å². The molecule has 0 unspecified atom stereocenters. The van der Waals surface area contributed by atoms with E-state index in [0.717, 1.165) is 18.8 Å². The molecule has 1 aromatic heterocycles. The third-order valence-corrected chi connectivity index (χ3v) is 3.00. The molecule has 2 N–H and O–H groups in total. The van der Waals surface area contributed by atoms with E-state index in [-0.39, 0.29) is 0 Å². The molecule has 1 saturated carbocycles. The number of nitrogens with two attached hydrogens (primary N) is 1. The Bertz CT molecular complexity index is 292. The van der Waals surface area contributed by atoms with Crippen LogP contribution in [0.3, 0.4) is 0 Å². The summed E-state index contributed by atoms with van der Waals surface area (Å²) < 4.78 is 7.85. The Hall–Kier alpha value is -0.870. The molecule has 15 heavy (non-hydrogen) atoms. The first-order valence-corrected chi connectivity index (χ1v) is 5.71. The molecule has 1 heterocycles. The second-order valence-corrected chi connectivity index (χ2v) is 4.06. The zero-order valence-corrected chi connectivity index (χ0v) is 9.06. The number of imidazole rings is 1. The maximum atomic E-state index is 5.79. The van der Waals surface area contributed by atoms with E-state index in [1.54, 1.807) is 0 Å². The van der Waals surface area contributed by atoms with Crippen molar-refractivity contribution in [3.63, 3.8) is 0 Å². The van der Waals surface area contributed by atoms with E-state index < -0.39 is 0 Å². The van der Waals surface area contributed by atoms with Crippen LogP contribution >= 0.6 is 0 Å². The minimum absolute atomic E-state index is 0.495. The van der Waals surface area contributed by atoms with Crippen LogP contribution in [0.1, 0.15) is 31.4 Å². The number of aromatic nitrogens is 2. The van der Waals surface area contributed by atoms with Crippen molar-refractivity contribution in [2.45, 2.75) is 44.9 Å². The molecule has 1 aliphatic rings. The van der Waals surface area contributed by atoms with Gasteiger partial charge in [0.05, 0.1) is 24.7 Å². The fraction of sp³-hybridized carbons (Fsp3) is 0.727. The summed E-state index contributed by atoms with van der Waals surface area (Å²) in [6.07, 6.45) is 9.24. The van der Waals surface area contributed by atoms with Crippen molar-refractivity contribution < 1.29 is 4.74 Å².